The van der Waals surface area contributed by atoms with E-state index in [-0.39, 0.29) is 6.04 Å². The zero-order valence-corrected chi connectivity index (χ0v) is 20.1. The van der Waals surface area contributed by atoms with Gasteiger partial charge in [-0.05, 0) is 54.6 Å². The van der Waals surface area contributed by atoms with E-state index in [0.717, 1.165) is 28.2 Å². The maximum absolute atomic E-state index is 6.44. The van der Waals surface area contributed by atoms with Gasteiger partial charge in [-0.3, -0.25) is 0 Å². The maximum Gasteiger partial charge on any atom is 0.214 e. The molecule has 2 aliphatic heterocycles. The molecule has 2 atom stereocenters. The third-order valence-electron chi connectivity index (χ3n) is 6.16. The monoisotopic (exact) mass is 480 g/mol. The number of nitrogens with zero attached hydrogens (tertiary/aromatic N) is 2. The smallest absolute Gasteiger partial charge is 0.214 e. The Balaban J connectivity index is 1.59. The highest BCUT2D eigenvalue weighted by atomic mass is 35.5. The van der Waals surface area contributed by atoms with Gasteiger partial charge in [-0.25, -0.2) is 5.01 Å². The normalized spacial score (nSPS) is 18.4. The molecule has 2 heterocycles. The van der Waals surface area contributed by atoms with Gasteiger partial charge in [-0.1, -0.05) is 11.6 Å². The lowest BCUT2D eigenvalue weighted by atomic mass is 9.95. The maximum atomic E-state index is 6.44. The summed E-state index contributed by atoms with van der Waals surface area (Å²) >= 11 is 6.35. The van der Waals surface area contributed by atoms with Crippen molar-refractivity contribution in [3.8, 4) is 28.7 Å². The molecule has 0 amide bonds. The molecule has 34 heavy (non-hydrogen) atoms. The molecule has 0 aromatic heterocycles. The summed E-state index contributed by atoms with van der Waals surface area (Å²) in [5, 5.41) is 7.66. The van der Waals surface area contributed by atoms with Gasteiger partial charge in [-0.2, -0.15) is 5.10 Å². The Kier molecular flexibility index (Phi) is 5.87. The van der Waals surface area contributed by atoms with Gasteiger partial charge in [0.15, 0.2) is 23.0 Å². The topological polar surface area (TPSA) is 61.8 Å². The summed E-state index contributed by atoms with van der Waals surface area (Å²) in [7, 11) is 6.48. The lowest BCUT2D eigenvalue weighted by molar-refractivity contribution is -0.0191. The van der Waals surface area contributed by atoms with Gasteiger partial charge in [0.2, 0.25) is 6.23 Å². The quantitative estimate of drug-likeness (QED) is 0.456. The third kappa shape index (κ3) is 3.76. The highest BCUT2D eigenvalue weighted by Crippen LogP contribution is 2.49. The predicted octanol–water partition coefficient (Wildman–Crippen LogP) is 5.62. The Morgan fingerprint density at radius 3 is 2.21 bits per heavy atom. The van der Waals surface area contributed by atoms with Gasteiger partial charge >= 0.3 is 0 Å². The second-order valence-corrected chi connectivity index (χ2v) is 8.42. The van der Waals surface area contributed by atoms with Crippen LogP contribution in [0.25, 0.3) is 0 Å². The van der Waals surface area contributed by atoms with Crippen molar-refractivity contribution in [1.29, 1.82) is 0 Å². The molecule has 0 spiro atoms. The van der Waals surface area contributed by atoms with E-state index in [1.807, 2.05) is 59.6 Å². The number of hydrogen-bond acceptors (Lipinski definition) is 7. The van der Waals surface area contributed by atoms with Gasteiger partial charge in [0.25, 0.3) is 0 Å². The van der Waals surface area contributed by atoms with Crippen LogP contribution < -0.4 is 23.7 Å². The van der Waals surface area contributed by atoms with E-state index in [9.17, 15) is 0 Å². The number of methoxy groups -OCH3 is 4. The average molecular weight is 481 g/mol. The number of hydrazone groups is 1. The zero-order chi connectivity index (χ0) is 23.8. The standard InChI is InChI=1S/C26H25ClN2O5/c1-30-22-8-5-15(11-24(22)32-3)19-14-20-18-13-17(27)7-10-21(18)34-26(29(20)28-19)16-6-9-23(31-2)25(12-16)33-4/h5-13,20,26H,14H2,1-4H3/t20-,26+/m1/s1. The SMILES string of the molecule is COc1ccc(C2=NN3[C@H](C2)c2cc(Cl)ccc2O[C@H]3c2ccc(OC)c(OC)c2)cc1OC. The fourth-order valence-corrected chi connectivity index (χ4v) is 4.66. The van der Waals surface area contributed by atoms with Crippen LogP contribution in [0.5, 0.6) is 28.7 Å². The van der Waals surface area contributed by atoms with Crippen molar-refractivity contribution in [2.24, 2.45) is 5.10 Å². The van der Waals surface area contributed by atoms with Crippen LogP contribution >= 0.6 is 11.6 Å². The molecule has 2 aliphatic rings. The van der Waals surface area contributed by atoms with Crippen molar-refractivity contribution in [2.45, 2.75) is 18.7 Å². The Hall–Kier alpha value is -3.58. The van der Waals surface area contributed by atoms with E-state index in [1.54, 1.807) is 28.4 Å². The number of benzene rings is 3. The van der Waals surface area contributed by atoms with E-state index in [4.69, 9.17) is 40.4 Å². The van der Waals surface area contributed by atoms with Crippen molar-refractivity contribution in [1.82, 2.24) is 5.01 Å². The van der Waals surface area contributed by atoms with Crippen LogP contribution in [0.1, 0.15) is 35.4 Å². The summed E-state index contributed by atoms with van der Waals surface area (Å²) in [5.74, 6) is 3.40. The molecule has 0 aliphatic carbocycles. The largest absolute Gasteiger partial charge is 0.493 e. The molecule has 0 bridgehead atoms. The summed E-state index contributed by atoms with van der Waals surface area (Å²) in [6.07, 6.45) is 0.242. The van der Waals surface area contributed by atoms with E-state index in [0.29, 0.717) is 34.4 Å². The Bertz CT molecular complexity index is 1260. The van der Waals surface area contributed by atoms with Gasteiger partial charge in [0.05, 0.1) is 40.2 Å². The van der Waals surface area contributed by atoms with Crippen molar-refractivity contribution in [3.63, 3.8) is 0 Å². The van der Waals surface area contributed by atoms with Crippen LogP contribution in [0.15, 0.2) is 59.7 Å². The minimum atomic E-state index is -0.448. The molecule has 3 aromatic rings. The first-order valence-electron chi connectivity index (χ1n) is 10.8. The first kappa shape index (κ1) is 22.2. The summed E-state index contributed by atoms with van der Waals surface area (Å²) in [6, 6.07) is 17.3. The van der Waals surface area contributed by atoms with Crippen LogP contribution in [0.4, 0.5) is 0 Å². The highest BCUT2D eigenvalue weighted by molar-refractivity contribution is 6.30. The molecule has 8 heteroatoms. The van der Waals surface area contributed by atoms with E-state index < -0.39 is 6.23 Å². The molecule has 0 fully saturated rings. The second kappa shape index (κ2) is 8.99. The number of halogens is 1. The fourth-order valence-electron chi connectivity index (χ4n) is 4.47. The first-order chi connectivity index (χ1) is 16.6. The van der Waals surface area contributed by atoms with Crippen LogP contribution in [-0.2, 0) is 0 Å². The van der Waals surface area contributed by atoms with Crippen LogP contribution in [0.2, 0.25) is 5.02 Å². The van der Waals surface area contributed by atoms with Crippen molar-refractivity contribution in [3.05, 3.63) is 76.3 Å². The molecular formula is C26H25ClN2O5. The summed E-state index contributed by atoms with van der Waals surface area (Å²) < 4.78 is 28.3. The van der Waals surface area contributed by atoms with Gasteiger partial charge in [0, 0.05) is 28.1 Å². The molecule has 0 unspecified atom stereocenters. The number of hydrogen-bond donors (Lipinski definition) is 0. The third-order valence-corrected chi connectivity index (χ3v) is 6.40. The van der Waals surface area contributed by atoms with E-state index >= 15 is 0 Å². The lowest BCUT2D eigenvalue weighted by Gasteiger charge is -2.38. The molecule has 5 rings (SSSR count). The fraction of sp³-hybridized carbons (Fsp3) is 0.269. The summed E-state index contributed by atoms with van der Waals surface area (Å²) in [6.45, 7) is 0. The molecule has 7 nitrogen and oxygen atoms in total. The van der Waals surface area contributed by atoms with Gasteiger partial charge in [-0.15, -0.1) is 0 Å². The van der Waals surface area contributed by atoms with Gasteiger partial charge in [0.1, 0.15) is 5.75 Å². The highest BCUT2D eigenvalue weighted by Gasteiger charge is 2.41. The molecule has 3 aromatic carbocycles. The Morgan fingerprint density at radius 2 is 1.50 bits per heavy atom. The number of rotatable bonds is 6. The zero-order valence-electron chi connectivity index (χ0n) is 19.4. The molecule has 0 saturated heterocycles. The molecule has 0 saturated carbocycles. The van der Waals surface area contributed by atoms with Crippen LogP contribution in [-0.4, -0.2) is 39.2 Å². The second-order valence-electron chi connectivity index (χ2n) is 7.98. The molecular weight excluding hydrogens is 456 g/mol. The van der Waals surface area contributed by atoms with E-state index in [1.165, 1.54) is 0 Å². The summed E-state index contributed by atoms with van der Waals surface area (Å²) in [4.78, 5) is 0. The molecule has 176 valence electrons. The average Bonchev–Trinajstić information content (AvgIpc) is 3.33. The molecule has 0 N–H and O–H groups in total. The molecule has 0 radical (unpaired) electrons. The minimum absolute atomic E-state index is 0.0383. The lowest BCUT2D eigenvalue weighted by Crippen LogP contribution is -2.33. The van der Waals surface area contributed by atoms with Crippen LogP contribution in [0.3, 0.4) is 0 Å². The number of fused-ring (bicyclic) bond motifs is 3. The van der Waals surface area contributed by atoms with Crippen molar-refractivity contribution < 1.29 is 23.7 Å². The first-order valence-corrected chi connectivity index (χ1v) is 11.2. The number of ether oxygens (including phenoxy) is 5. The van der Waals surface area contributed by atoms with Crippen molar-refractivity contribution in [2.75, 3.05) is 28.4 Å². The predicted molar refractivity (Wildman–Crippen MR) is 130 cm³/mol. The van der Waals surface area contributed by atoms with E-state index in [2.05, 4.69) is 0 Å². The minimum Gasteiger partial charge on any atom is -0.493 e. The Labute approximate surface area is 203 Å². The van der Waals surface area contributed by atoms with Gasteiger partial charge < -0.3 is 23.7 Å². The van der Waals surface area contributed by atoms with Crippen LogP contribution in [0, 0.1) is 0 Å². The Morgan fingerprint density at radius 1 is 0.824 bits per heavy atom. The summed E-state index contributed by atoms with van der Waals surface area (Å²) in [5.41, 5.74) is 3.79. The van der Waals surface area contributed by atoms with Crippen molar-refractivity contribution >= 4 is 17.3 Å².